The third kappa shape index (κ3) is 5.49. The van der Waals surface area contributed by atoms with Crippen LogP contribution in [0.2, 0.25) is 5.02 Å². The van der Waals surface area contributed by atoms with Gasteiger partial charge in [-0.2, -0.15) is 8.78 Å². The van der Waals surface area contributed by atoms with Crippen LogP contribution in [0.4, 0.5) is 20.2 Å². The number of hydrogen-bond donors (Lipinski definition) is 2. The lowest BCUT2D eigenvalue weighted by Crippen LogP contribution is -2.22. The minimum absolute atomic E-state index is 0.0195. The maximum absolute atomic E-state index is 12.2. The quantitative estimate of drug-likeness (QED) is 0.762. The number of rotatable bonds is 7. The summed E-state index contributed by atoms with van der Waals surface area (Å²) in [5.74, 6) is 0.125. The molecule has 0 heterocycles. The van der Waals surface area contributed by atoms with Crippen LogP contribution in [0, 0.1) is 6.92 Å². The van der Waals surface area contributed by atoms with Gasteiger partial charge in [0, 0.05) is 5.69 Å². The Balaban J connectivity index is 1.96. The molecule has 0 unspecified atom stereocenters. The van der Waals surface area contributed by atoms with Crippen molar-refractivity contribution >= 4 is 28.9 Å². The van der Waals surface area contributed by atoms with Gasteiger partial charge in [0.15, 0.2) is 0 Å². The highest BCUT2D eigenvalue weighted by atomic mass is 35.5. The Kier molecular flexibility index (Phi) is 6.41. The molecule has 0 aliphatic rings. The summed E-state index contributed by atoms with van der Waals surface area (Å²) >= 11 is 5.86. The van der Waals surface area contributed by atoms with Crippen LogP contribution in [-0.4, -0.2) is 26.2 Å². The monoisotopic (exact) mass is 370 g/mol. The normalized spacial score (nSPS) is 10.5. The van der Waals surface area contributed by atoms with E-state index in [-0.39, 0.29) is 23.2 Å². The summed E-state index contributed by atoms with van der Waals surface area (Å²) in [5.41, 5.74) is 2.04. The van der Waals surface area contributed by atoms with Gasteiger partial charge < -0.3 is 20.1 Å². The third-order valence-corrected chi connectivity index (χ3v) is 3.53. The average Bonchev–Trinajstić information content (AvgIpc) is 2.55. The van der Waals surface area contributed by atoms with E-state index in [0.717, 1.165) is 5.56 Å². The molecule has 0 aliphatic heterocycles. The molecule has 0 atom stereocenters. The molecule has 2 rings (SSSR count). The number of hydrogen-bond acceptors (Lipinski definition) is 4. The maximum Gasteiger partial charge on any atom is 0.387 e. The maximum atomic E-state index is 12.2. The van der Waals surface area contributed by atoms with Gasteiger partial charge in [0.1, 0.15) is 11.5 Å². The number of nitrogens with one attached hydrogen (secondary N) is 2. The van der Waals surface area contributed by atoms with E-state index in [2.05, 4.69) is 15.4 Å². The fourth-order valence-corrected chi connectivity index (χ4v) is 2.32. The van der Waals surface area contributed by atoms with Gasteiger partial charge in [0.2, 0.25) is 5.91 Å². The van der Waals surface area contributed by atoms with Gasteiger partial charge in [0.25, 0.3) is 0 Å². The van der Waals surface area contributed by atoms with Gasteiger partial charge >= 0.3 is 6.61 Å². The van der Waals surface area contributed by atoms with Crippen molar-refractivity contribution in [2.75, 3.05) is 24.3 Å². The Morgan fingerprint density at radius 3 is 2.56 bits per heavy atom. The number of aryl methyl sites for hydroxylation is 1. The number of halogens is 3. The molecule has 0 saturated heterocycles. The summed E-state index contributed by atoms with van der Waals surface area (Å²) < 4.78 is 33.8. The topological polar surface area (TPSA) is 59.6 Å². The number of carbonyl (C=O) groups excluding carboxylic acids is 1. The van der Waals surface area contributed by atoms with Gasteiger partial charge in [-0.25, -0.2) is 0 Å². The van der Waals surface area contributed by atoms with Crippen molar-refractivity contribution in [1.82, 2.24) is 0 Å². The molecule has 2 aromatic rings. The molecule has 0 fully saturated rings. The summed E-state index contributed by atoms with van der Waals surface area (Å²) in [7, 11) is 1.52. The lowest BCUT2D eigenvalue weighted by atomic mass is 10.2. The molecular formula is C17H17ClF2N2O3. The zero-order valence-corrected chi connectivity index (χ0v) is 14.4. The second-order valence-corrected chi connectivity index (χ2v) is 5.54. The molecule has 8 heteroatoms. The fourth-order valence-electron chi connectivity index (χ4n) is 2.10. The summed E-state index contributed by atoms with van der Waals surface area (Å²) in [6.07, 6.45) is 0. The van der Waals surface area contributed by atoms with Gasteiger partial charge in [-0.3, -0.25) is 4.79 Å². The first-order valence-electron chi connectivity index (χ1n) is 7.31. The van der Waals surface area contributed by atoms with Crippen LogP contribution in [-0.2, 0) is 4.79 Å². The second-order valence-electron chi connectivity index (χ2n) is 5.13. The summed E-state index contributed by atoms with van der Waals surface area (Å²) in [4.78, 5) is 12.1. The van der Waals surface area contributed by atoms with Gasteiger partial charge in [-0.15, -0.1) is 0 Å². The van der Waals surface area contributed by atoms with E-state index in [0.29, 0.717) is 17.1 Å². The highest BCUT2D eigenvalue weighted by molar-refractivity contribution is 6.32. The van der Waals surface area contributed by atoms with Crippen LogP contribution in [0.3, 0.4) is 0 Å². The Labute approximate surface area is 148 Å². The SMILES string of the molecule is COc1ccc(C)cc1NC(=O)CNc1ccc(OC(F)F)c(Cl)c1. The standard InChI is InChI=1S/C17H17ClF2N2O3/c1-10-3-5-15(24-2)13(7-10)22-16(23)9-21-11-4-6-14(12(18)8-11)25-17(19)20/h3-8,17,21H,9H2,1-2H3,(H,22,23). The molecule has 0 aromatic heterocycles. The Bertz CT molecular complexity index is 757. The van der Waals surface area contributed by atoms with E-state index in [1.54, 1.807) is 12.1 Å². The van der Waals surface area contributed by atoms with Crippen molar-refractivity contribution in [2.24, 2.45) is 0 Å². The number of carbonyl (C=O) groups is 1. The molecule has 2 N–H and O–H groups in total. The predicted octanol–water partition coefficient (Wildman–Crippen LogP) is 4.31. The van der Waals surface area contributed by atoms with Crippen molar-refractivity contribution in [3.8, 4) is 11.5 Å². The second kappa shape index (κ2) is 8.53. The van der Waals surface area contributed by atoms with Crippen molar-refractivity contribution in [3.63, 3.8) is 0 Å². The van der Waals surface area contributed by atoms with E-state index in [1.165, 1.54) is 25.3 Å². The first-order valence-corrected chi connectivity index (χ1v) is 7.69. The number of amides is 1. The largest absolute Gasteiger partial charge is 0.495 e. The van der Waals surface area contributed by atoms with Crippen molar-refractivity contribution in [3.05, 3.63) is 47.0 Å². The Morgan fingerprint density at radius 1 is 1.20 bits per heavy atom. The van der Waals surface area contributed by atoms with Crippen LogP contribution < -0.4 is 20.1 Å². The van der Waals surface area contributed by atoms with E-state index in [9.17, 15) is 13.6 Å². The van der Waals surface area contributed by atoms with E-state index in [4.69, 9.17) is 16.3 Å². The number of benzene rings is 2. The minimum Gasteiger partial charge on any atom is -0.495 e. The molecule has 0 saturated carbocycles. The average molecular weight is 371 g/mol. The molecule has 0 aliphatic carbocycles. The van der Waals surface area contributed by atoms with Crippen molar-refractivity contribution in [2.45, 2.75) is 13.5 Å². The Hall–Kier alpha value is -2.54. The molecule has 0 spiro atoms. The Morgan fingerprint density at radius 2 is 1.92 bits per heavy atom. The van der Waals surface area contributed by atoms with Crippen LogP contribution in [0.15, 0.2) is 36.4 Å². The van der Waals surface area contributed by atoms with Crippen LogP contribution in [0.5, 0.6) is 11.5 Å². The molecule has 1 amide bonds. The van der Waals surface area contributed by atoms with Crippen LogP contribution in [0.25, 0.3) is 0 Å². The molecular weight excluding hydrogens is 354 g/mol. The zero-order chi connectivity index (χ0) is 18.4. The molecule has 0 bridgehead atoms. The number of ether oxygens (including phenoxy) is 2. The van der Waals surface area contributed by atoms with Gasteiger partial charge in [-0.05, 0) is 42.8 Å². The van der Waals surface area contributed by atoms with E-state index in [1.807, 2.05) is 13.0 Å². The summed E-state index contributed by atoms with van der Waals surface area (Å²) in [6.45, 7) is -1.09. The lowest BCUT2D eigenvalue weighted by molar-refractivity contribution is -0.114. The summed E-state index contributed by atoms with van der Waals surface area (Å²) in [6, 6.07) is 9.63. The predicted molar refractivity (Wildman–Crippen MR) is 92.9 cm³/mol. The summed E-state index contributed by atoms with van der Waals surface area (Å²) in [5, 5.41) is 5.62. The van der Waals surface area contributed by atoms with Crippen molar-refractivity contribution in [1.29, 1.82) is 0 Å². The fraction of sp³-hybridized carbons (Fsp3) is 0.235. The first kappa shape index (κ1) is 18.8. The molecule has 2 aromatic carbocycles. The minimum atomic E-state index is -2.95. The van der Waals surface area contributed by atoms with Crippen LogP contribution in [0.1, 0.15) is 5.56 Å². The highest BCUT2D eigenvalue weighted by Crippen LogP contribution is 2.29. The molecule has 134 valence electrons. The smallest absolute Gasteiger partial charge is 0.387 e. The van der Waals surface area contributed by atoms with E-state index < -0.39 is 6.61 Å². The van der Waals surface area contributed by atoms with Crippen molar-refractivity contribution < 1.29 is 23.0 Å². The number of methoxy groups -OCH3 is 1. The highest BCUT2D eigenvalue weighted by Gasteiger charge is 2.11. The molecule has 5 nitrogen and oxygen atoms in total. The molecule has 25 heavy (non-hydrogen) atoms. The lowest BCUT2D eigenvalue weighted by Gasteiger charge is -2.12. The molecule has 0 radical (unpaired) electrons. The third-order valence-electron chi connectivity index (χ3n) is 3.23. The number of anilines is 2. The van der Waals surface area contributed by atoms with Crippen LogP contribution >= 0.6 is 11.6 Å². The van der Waals surface area contributed by atoms with Gasteiger partial charge in [-0.1, -0.05) is 17.7 Å². The first-order chi connectivity index (χ1) is 11.9. The van der Waals surface area contributed by atoms with E-state index >= 15 is 0 Å². The number of alkyl halides is 2. The van der Waals surface area contributed by atoms with Gasteiger partial charge in [0.05, 0.1) is 24.4 Å². The zero-order valence-electron chi connectivity index (χ0n) is 13.6.